The fraction of sp³-hybridized carbons (Fsp3) is 0.333. The molecule has 1 aromatic carbocycles. The highest BCUT2D eigenvalue weighted by molar-refractivity contribution is 6.35. The van der Waals surface area contributed by atoms with Crippen molar-refractivity contribution in [3.05, 3.63) is 46.2 Å². The molecule has 1 heterocycles. The first kappa shape index (κ1) is 13.3. The van der Waals surface area contributed by atoms with Crippen molar-refractivity contribution in [2.75, 3.05) is 13.6 Å². The number of hydrogen-bond acceptors (Lipinski definition) is 3. The monoisotopic (exact) mass is 284 g/mol. The van der Waals surface area contributed by atoms with Crippen LogP contribution in [0, 0.1) is 0 Å². The smallest absolute Gasteiger partial charge is 0.0734 e. The summed E-state index contributed by atoms with van der Waals surface area (Å²) in [6.07, 6.45) is 3.35. The molecule has 0 saturated heterocycles. The first-order valence-electron chi connectivity index (χ1n) is 5.62. The molecule has 4 nitrogen and oxygen atoms in total. The maximum Gasteiger partial charge on any atom is 0.0734 e. The molecule has 0 atom stereocenters. The number of benzene rings is 1. The van der Waals surface area contributed by atoms with Crippen LogP contribution in [-0.2, 0) is 13.1 Å². The third-order valence-corrected chi connectivity index (χ3v) is 3.19. The van der Waals surface area contributed by atoms with Crippen molar-refractivity contribution >= 4 is 23.2 Å². The molecule has 2 rings (SSSR count). The summed E-state index contributed by atoms with van der Waals surface area (Å²) in [6, 6.07) is 5.57. The second-order valence-electron chi connectivity index (χ2n) is 4.10. The van der Waals surface area contributed by atoms with Crippen molar-refractivity contribution in [1.29, 1.82) is 0 Å². The fourth-order valence-electron chi connectivity index (χ4n) is 1.64. The van der Waals surface area contributed by atoms with Crippen molar-refractivity contribution in [2.45, 2.75) is 13.1 Å². The number of hydrogen-bond donors (Lipinski definition) is 0. The maximum absolute atomic E-state index is 6.13. The second-order valence-corrected chi connectivity index (χ2v) is 4.94. The lowest BCUT2D eigenvalue weighted by Gasteiger charge is -2.17. The van der Waals surface area contributed by atoms with E-state index in [-0.39, 0.29) is 0 Å². The minimum Gasteiger partial charge on any atom is -0.300 e. The van der Waals surface area contributed by atoms with Crippen molar-refractivity contribution in [2.24, 2.45) is 0 Å². The van der Waals surface area contributed by atoms with Crippen LogP contribution in [0.25, 0.3) is 0 Å². The first-order chi connectivity index (χ1) is 8.65. The molecule has 0 amide bonds. The van der Waals surface area contributed by atoms with Crippen LogP contribution >= 0.6 is 23.2 Å². The Morgan fingerprint density at radius 2 is 1.94 bits per heavy atom. The van der Waals surface area contributed by atoms with Crippen LogP contribution in [0.4, 0.5) is 0 Å². The van der Waals surface area contributed by atoms with Gasteiger partial charge < -0.3 is 4.90 Å². The van der Waals surface area contributed by atoms with Crippen LogP contribution in [0.3, 0.4) is 0 Å². The van der Waals surface area contributed by atoms with Crippen molar-refractivity contribution in [3.63, 3.8) is 0 Å². The molecule has 0 saturated carbocycles. The van der Waals surface area contributed by atoms with Gasteiger partial charge in [0, 0.05) is 23.1 Å². The molecule has 0 fully saturated rings. The van der Waals surface area contributed by atoms with E-state index in [2.05, 4.69) is 15.1 Å². The Labute approximate surface area is 116 Å². The van der Waals surface area contributed by atoms with Gasteiger partial charge in [-0.1, -0.05) is 29.3 Å². The predicted octanol–water partition coefficient (Wildman–Crippen LogP) is 2.72. The molecule has 0 N–H and O–H groups in total. The van der Waals surface area contributed by atoms with Crippen molar-refractivity contribution < 1.29 is 0 Å². The number of nitrogens with zero attached hydrogens (tertiary/aromatic N) is 4. The molecule has 0 radical (unpaired) electrons. The van der Waals surface area contributed by atoms with E-state index >= 15 is 0 Å². The highest BCUT2D eigenvalue weighted by atomic mass is 35.5. The van der Waals surface area contributed by atoms with Gasteiger partial charge in [0.25, 0.3) is 0 Å². The van der Waals surface area contributed by atoms with Gasteiger partial charge in [0.15, 0.2) is 0 Å². The Kier molecular flexibility index (Phi) is 4.58. The third kappa shape index (κ3) is 3.70. The van der Waals surface area contributed by atoms with E-state index in [9.17, 15) is 0 Å². The summed E-state index contributed by atoms with van der Waals surface area (Å²) in [4.78, 5) is 3.83. The standard InChI is InChI=1S/C12H14Cl2N4/c1-17(6-7-18-15-4-5-16-18)9-10-2-3-11(13)8-12(10)14/h2-5,8H,6-7,9H2,1H3. The van der Waals surface area contributed by atoms with E-state index < -0.39 is 0 Å². The molecule has 0 aliphatic heterocycles. The zero-order valence-electron chi connectivity index (χ0n) is 10.1. The molecule has 1 aromatic heterocycles. The van der Waals surface area contributed by atoms with Gasteiger partial charge in [0.2, 0.25) is 0 Å². The van der Waals surface area contributed by atoms with E-state index in [0.717, 1.165) is 25.2 Å². The molecular weight excluding hydrogens is 271 g/mol. The molecule has 96 valence electrons. The van der Waals surface area contributed by atoms with Crippen molar-refractivity contribution in [1.82, 2.24) is 19.9 Å². The summed E-state index contributed by atoms with van der Waals surface area (Å²) in [5.74, 6) is 0. The molecule has 0 unspecified atom stereocenters. The average Bonchev–Trinajstić information content (AvgIpc) is 2.83. The lowest BCUT2D eigenvalue weighted by atomic mass is 10.2. The fourth-order valence-corrected chi connectivity index (χ4v) is 2.11. The molecule has 2 aromatic rings. The first-order valence-corrected chi connectivity index (χ1v) is 6.37. The van der Waals surface area contributed by atoms with Crippen LogP contribution in [0.1, 0.15) is 5.56 Å². The summed E-state index contributed by atoms with van der Waals surface area (Å²) < 4.78 is 0. The summed E-state index contributed by atoms with van der Waals surface area (Å²) in [6.45, 7) is 2.39. The zero-order valence-corrected chi connectivity index (χ0v) is 11.6. The van der Waals surface area contributed by atoms with Crippen molar-refractivity contribution in [3.8, 4) is 0 Å². The van der Waals surface area contributed by atoms with E-state index in [1.54, 1.807) is 23.3 Å². The minimum atomic E-state index is 0.659. The van der Waals surface area contributed by atoms with E-state index in [0.29, 0.717) is 10.0 Å². The second kappa shape index (κ2) is 6.18. The van der Waals surface area contributed by atoms with Gasteiger partial charge in [0.05, 0.1) is 18.9 Å². The van der Waals surface area contributed by atoms with Crippen LogP contribution in [0.2, 0.25) is 10.0 Å². The molecule has 6 heteroatoms. The number of halogens is 2. The Balaban J connectivity index is 1.88. The van der Waals surface area contributed by atoms with Crippen LogP contribution < -0.4 is 0 Å². The lowest BCUT2D eigenvalue weighted by molar-refractivity contribution is 0.296. The Morgan fingerprint density at radius 3 is 2.61 bits per heavy atom. The summed E-state index contributed by atoms with van der Waals surface area (Å²) in [7, 11) is 2.04. The number of rotatable bonds is 5. The lowest BCUT2D eigenvalue weighted by Crippen LogP contribution is -2.23. The summed E-state index contributed by atoms with van der Waals surface area (Å²) in [5.41, 5.74) is 1.07. The SMILES string of the molecule is CN(CCn1nccn1)Cc1ccc(Cl)cc1Cl. The molecular formula is C12H14Cl2N4. The molecule has 0 aliphatic carbocycles. The van der Waals surface area contributed by atoms with E-state index in [4.69, 9.17) is 23.2 Å². The highest BCUT2D eigenvalue weighted by Crippen LogP contribution is 2.21. The molecule has 0 spiro atoms. The van der Waals surface area contributed by atoms with E-state index in [1.807, 2.05) is 19.2 Å². The molecule has 18 heavy (non-hydrogen) atoms. The number of aromatic nitrogens is 3. The zero-order chi connectivity index (χ0) is 13.0. The predicted molar refractivity (Wildman–Crippen MR) is 72.8 cm³/mol. The topological polar surface area (TPSA) is 34.0 Å². The van der Waals surface area contributed by atoms with Gasteiger partial charge in [-0.3, -0.25) is 0 Å². The van der Waals surface area contributed by atoms with Crippen LogP contribution in [0.5, 0.6) is 0 Å². The summed E-state index contributed by atoms with van der Waals surface area (Å²) in [5, 5.41) is 9.48. The van der Waals surface area contributed by atoms with Gasteiger partial charge in [-0.2, -0.15) is 15.0 Å². The molecule has 0 bridgehead atoms. The normalized spacial score (nSPS) is 11.1. The van der Waals surface area contributed by atoms with Crippen LogP contribution in [0.15, 0.2) is 30.6 Å². The van der Waals surface area contributed by atoms with Crippen LogP contribution in [-0.4, -0.2) is 33.5 Å². The van der Waals surface area contributed by atoms with Gasteiger partial charge in [-0.05, 0) is 24.7 Å². The third-order valence-electron chi connectivity index (χ3n) is 2.60. The average molecular weight is 285 g/mol. The Morgan fingerprint density at radius 1 is 1.22 bits per heavy atom. The van der Waals surface area contributed by atoms with Gasteiger partial charge >= 0.3 is 0 Å². The largest absolute Gasteiger partial charge is 0.300 e. The van der Waals surface area contributed by atoms with Gasteiger partial charge in [-0.15, -0.1) is 0 Å². The minimum absolute atomic E-state index is 0.659. The van der Waals surface area contributed by atoms with Gasteiger partial charge in [0.1, 0.15) is 0 Å². The van der Waals surface area contributed by atoms with Gasteiger partial charge in [-0.25, -0.2) is 0 Å². The van der Waals surface area contributed by atoms with E-state index in [1.165, 1.54) is 0 Å². The quantitative estimate of drug-likeness (QED) is 0.847. The number of likely N-dealkylation sites (N-methyl/N-ethyl adjacent to an activating group) is 1. The summed E-state index contributed by atoms with van der Waals surface area (Å²) >= 11 is 12.0. The Hall–Kier alpha value is -1.10. The molecule has 0 aliphatic rings. The Bertz CT molecular complexity index is 499. The maximum atomic E-state index is 6.13. The highest BCUT2D eigenvalue weighted by Gasteiger charge is 2.05.